The Morgan fingerprint density at radius 2 is 1.56 bits per heavy atom. The average molecular weight is 394 g/mol. The third kappa shape index (κ3) is 4.88. The van der Waals surface area contributed by atoms with Crippen LogP contribution in [0.4, 0.5) is 5.69 Å². The molecule has 4 heteroatoms. The van der Waals surface area contributed by atoms with E-state index < -0.39 is 0 Å². The first kappa shape index (κ1) is 17.1. The lowest BCUT2D eigenvalue weighted by Gasteiger charge is -2.05. The molecule has 124 valence electrons. The van der Waals surface area contributed by atoms with Crippen LogP contribution in [0.2, 0.25) is 0 Å². The van der Waals surface area contributed by atoms with Crippen LogP contribution < -0.4 is 4.74 Å². The van der Waals surface area contributed by atoms with Gasteiger partial charge in [-0.2, -0.15) is 0 Å². The summed E-state index contributed by atoms with van der Waals surface area (Å²) in [4.78, 5) is 16.6. The molecular formula is C21H16BrNO2. The van der Waals surface area contributed by atoms with Crippen molar-refractivity contribution in [3.8, 4) is 5.75 Å². The van der Waals surface area contributed by atoms with Crippen molar-refractivity contribution >= 4 is 33.8 Å². The lowest BCUT2D eigenvalue weighted by Crippen LogP contribution is -2.08. The molecule has 0 saturated heterocycles. The summed E-state index contributed by atoms with van der Waals surface area (Å²) in [5.41, 5.74) is 3.40. The van der Waals surface area contributed by atoms with Crippen LogP contribution >= 0.6 is 15.9 Å². The molecule has 3 nitrogen and oxygen atoms in total. The van der Waals surface area contributed by atoms with E-state index in [1.165, 1.54) is 0 Å². The molecule has 0 radical (unpaired) electrons. The number of nitrogens with zero attached hydrogens (tertiary/aromatic N) is 1. The molecule has 0 fully saturated rings. The molecule has 0 aliphatic rings. The van der Waals surface area contributed by atoms with Crippen LogP contribution in [-0.4, -0.2) is 12.2 Å². The Hall–Kier alpha value is -2.72. The maximum Gasteiger partial charge on any atom is 0.343 e. The Bertz CT molecular complexity index is 883. The largest absolute Gasteiger partial charge is 0.423 e. The second kappa shape index (κ2) is 7.90. The molecular weight excluding hydrogens is 378 g/mol. The first-order valence-electron chi connectivity index (χ1n) is 7.79. The predicted molar refractivity (Wildman–Crippen MR) is 104 cm³/mol. The number of aliphatic imine (C=N–C) groups is 1. The molecule has 0 aliphatic carbocycles. The van der Waals surface area contributed by atoms with Gasteiger partial charge in [-0.1, -0.05) is 45.8 Å². The topological polar surface area (TPSA) is 38.7 Å². The third-order valence-corrected chi connectivity index (χ3v) is 4.10. The fourth-order valence-electron chi connectivity index (χ4n) is 2.15. The minimum Gasteiger partial charge on any atom is -0.423 e. The lowest BCUT2D eigenvalue weighted by atomic mass is 10.1. The minimum absolute atomic E-state index is 0.375. The number of halogens is 1. The van der Waals surface area contributed by atoms with Crippen molar-refractivity contribution in [1.82, 2.24) is 0 Å². The van der Waals surface area contributed by atoms with Crippen molar-refractivity contribution < 1.29 is 9.53 Å². The fourth-order valence-corrected chi connectivity index (χ4v) is 2.42. The van der Waals surface area contributed by atoms with Gasteiger partial charge in [0.25, 0.3) is 0 Å². The summed E-state index contributed by atoms with van der Waals surface area (Å²) in [6.07, 6.45) is 1.76. The molecule has 0 atom stereocenters. The Morgan fingerprint density at radius 1 is 0.920 bits per heavy atom. The van der Waals surface area contributed by atoms with E-state index in [1.807, 2.05) is 55.5 Å². The summed E-state index contributed by atoms with van der Waals surface area (Å²) in [5, 5.41) is 0. The van der Waals surface area contributed by atoms with Crippen molar-refractivity contribution in [3.63, 3.8) is 0 Å². The molecule has 0 unspecified atom stereocenters. The lowest BCUT2D eigenvalue weighted by molar-refractivity contribution is 0.0734. The Balaban J connectivity index is 1.66. The van der Waals surface area contributed by atoms with E-state index in [0.717, 1.165) is 21.3 Å². The van der Waals surface area contributed by atoms with Crippen LogP contribution in [0.25, 0.3) is 0 Å². The smallest absolute Gasteiger partial charge is 0.343 e. The number of esters is 1. The zero-order valence-corrected chi connectivity index (χ0v) is 15.2. The fraction of sp³-hybridized carbons (Fsp3) is 0.0476. The van der Waals surface area contributed by atoms with Crippen LogP contribution in [0.5, 0.6) is 5.75 Å². The standard InChI is InChI=1S/C21H16BrNO2/c1-15-2-12-20(13-3-15)25-21(24)17-6-4-16(5-7-17)14-23-19-10-8-18(22)9-11-19/h2-14H,1H3. The summed E-state index contributed by atoms with van der Waals surface area (Å²) >= 11 is 3.39. The molecule has 25 heavy (non-hydrogen) atoms. The highest BCUT2D eigenvalue weighted by atomic mass is 79.9. The first-order chi connectivity index (χ1) is 12.1. The molecule has 3 aromatic carbocycles. The molecule has 3 aromatic rings. The number of carbonyl (C=O) groups is 1. The van der Waals surface area contributed by atoms with Gasteiger partial charge < -0.3 is 4.74 Å². The van der Waals surface area contributed by atoms with Gasteiger partial charge in [0.05, 0.1) is 11.3 Å². The number of aryl methyl sites for hydroxylation is 1. The molecule has 0 amide bonds. The van der Waals surface area contributed by atoms with Crippen LogP contribution in [0, 0.1) is 6.92 Å². The van der Waals surface area contributed by atoms with Crippen LogP contribution in [0.15, 0.2) is 82.3 Å². The van der Waals surface area contributed by atoms with Crippen LogP contribution in [0.3, 0.4) is 0 Å². The Labute approximate surface area is 155 Å². The quantitative estimate of drug-likeness (QED) is 0.322. The molecule has 3 rings (SSSR count). The summed E-state index contributed by atoms with van der Waals surface area (Å²) < 4.78 is 6.38. The highest BCUT2D eigenvalue weighted by Gasteiger charge is 2.08. The van der Waals surface area contributed by atoms with E-state index in [0.29, 0.717) is 11.3 Å². The summed E-state index contributed by atoms with van der Waals surface area (Å²) in [7, 11) is 0. The SMILES string of the molecule is Cc1ccc(OC(=O)c2ccc(C=Nc3ccc(Br)cc3)cc2)cc1. The summed E-state index contributed by atoms with van der Waals surface area (Å²) in [6, 6.07) is 22.3. The number of ether oxygens (including phenoxy) is 1. The van der Waals surface area contributed by atoms with Crippen molar-refractivity contribution in [2.24, 2.45) is 4.99 Å². The summed E-state index contributed by atoms with van der Waals surface area (Å²) in [6.45, 7) is 1.99. The second-order valence-electron chi connectivity index (χ2n) is 5.56. The molecule has 0 aromatic heterocycles. The average Bonchev–Trinajstić information content (AvgIpc) is 2.63. The molecule has 0 aliphatic heterocycles. The van der Waals surface area contributed by atoms with Crippen molar-refractivity contribution in [2.45, 2.75) is 6.92 Å². The highest BCUT2D eigenvalue weighted by Crippen LogP contribution is 2.17. The maximum atomic E-state index is 12.2. The molecule has 0 bridgehead atoms. The number of carbonyl (C=O) groups excluding carboxylic acids is 1. The number of rotatable bonds is 4. The van der Waals surface area contributed by atoms with Crippen molar-refractivity contribution in [3.05, 3.63) is 94.0 Å². The van der Waals surface area contributed by atoms with E-state index >= 15 is 0 Å². The molecule has 0 saturated carbocycles. The van der Waals surface area contributed by atoms with Crippen LogP contribution in [-0.2, 0) is 0 Å². The second-order valence-corrected chi connectivity index (χ2v) is 6.47. The van der Waals surface area contributed by atoms with Crippen molar-refractivity contribution in [1.29, 1.82) is 0 Å². The van der Waals surface area contributed by atoms with Gasteiger partial charge in [-0.25, -0.2) is 4.79 Å². The predicted octanol–water partition coefficient (Wildman–Crippen LogP) is 5.73. The van der Waals surface area contributed by atoms with Gasteiger partial charge >= 0.3 is 5.97 Å². The van der Waals surface area contributed by atoms with Crippen LogP contribution in [0.1, 0.15) is 21.5 Å². The van der Waals surface area contributed by atoms with Gasteiger partial charge in [-0.05, 0) is 61.0 Å². The number of benzene rings is 3. The van der Waals surface area contributed by atoms with Gasteiger partial charge in [0, 0.05) is 10.7 Å². The Morgan fingerprint density at radius 3 is 2.20 bits per heavy atom. The van der Waals surface area contributed by atoms with E-state index in [4.69, 9.17) is 4.74 Å². The maximum absolute atomic E-state index is 12.2. The number of hydrogen-bond donors (Lipinski definition) is 0. The zero-order chi connectivity index (χ0) is 17.6. The molecule has 0 heterocycles. The summed E-state index contributed by atoms with van der Waals surface area (Å²) in [5.74, 6) is 0.164. The first-order valence-corrected chi connectivity index (χ1v) is 8.58. The Kier molecular flexibility index (Phi) is 5.41. The van der Waals surface area contributed by atoms with Gasteiger partial charge in [-0.3, -0.25) is 4.99 Å². The van der Waals surface area contributed by atoms with E-state index in [9.17, 15) is 4.79 Å². The van der Waals surface area contributed by atoms with Gasteiger partial charge in [0.2, 0.25) is 0 Å². The van der Waals surface area contributed by atoms with Gasteiger partial charge in [0.15, 0.2) is 0 Å². The zero-order valence-electron chi connectivity index (χ0n) is 13.6. The van der Waals surface area contributed by atoms with E-state index in [1.54, 1.807) is 30.5 Å². The monoisotopic (exact) mass is 393 g/mol. The molecule has 0 N–H and O–H groups in total. The normalized spacial score (nSPS) is 10.8. The number of hydrogen-bond acceptors (Lipinski definition) is 3. The van der Waals surface area contributed by atoms with E-state index in [-0.39, 0.29) is 5.97 Å². The van der Waals surface area contributed by atoms with Gasteiger partial charge in [0.1, 0.15) is 5.75 Å². The van der Waals surface area contributed by atoms with Gasteiger partial charge in [-0.15, -0.1) is 0 Å². The van der Waals surface area contributed by atoms with E-state index in [2.05, 4.69) is 20.9 Å². The van der Waals surface area contributed by atoms with Crippen molar-refractivity contribution in [2.75, 3.05) is 0 Å². The molecule has 0 spiro atoms. The highest BCUT2D eigenvalue weighted by molar-refractivity contribution is 9.10. The third-order valence-electron chi connectivity index (χ3n) is 3.57. The minimum atomic E-state index is -0.375.